The van der Waals surface area contributed by atoms with Crippen molar-refractivity contribution in [2.45, 2.75) is 65.8 Å². The van der Waals surface area contributed by atoms with Gasteiger partial charge in [-0.05, 0) is 32.1 Å². The fraction of sp³-hybridized carbons (Fsp3) is 0.846. The van der Waals surface area contributed by atoms with E-state index in [1.54, 1.807) is 6.20 Å². The minimum absolute atomic E-state index is 0.0493. The molecule has 0 saturated carbocycles. The average molecular weight is 223 g/mol. The monoisotopic (exact) mass is 223 g/mol. The highest BCUT2D eigenvalue weighted by Gasteiger charge is 2.30. The Kier molecular flexibility index (Phi) is 4.11. The smallest absolute Gasteiger partial charge is 0.0693 e. The molecule has 0 atom stereocenters. The van der Waals surface area contributed by atoms with Gasteiger partial charge in [0.25, 0.3) is 0 Å². The average Bonchev–Trinajstić information content (AvgIpc) is 2.66. The third kappa shape index (κ3) is 3.62. The van der Waals surface area contributed by atoms with Crippen molar-refractivity contribution in [1.82, 2.24) is 15.0 Å². The molecule has 0 aliphatic rings. The van der Waals surface area contributed by atoms with Crippen LogP contribution in [0.15, 0.2) is 12.4 Å². The summed E-state index contributed by atoms with van der Waals surface area (Å²) >= 11 is 0. The molecule has 0 bridgehead atoms. The lowest BCUT2D eigenvalue weighted by Crippen LogP contribution is -2.33. The van der Waals surface area contributed by atoms with E-state index in [4.69, 9.17) is 0 Å². The van der Waals surface area contributed by atoms with Crippen molar-refractivity contribution in [2.24, 2.45) is 5.41 Å². The Balaban J connectivity index is 2.64. The van der Waals surface area contributed by atoms with Crippen LogP contribution < -0.4 is 0 Å². The molecule has 3 nitrogen and oxygen atoms in total. The second-order valence-corrected chi connectivity index (χ2v) is 6.10. The third-order valence-corrected chi connectivity index (χ3v) is 3.16. The molecule has 0 aliphatic heterocycles. The molecular formula is C13H25N3. The first-order chi connectivity index (χ1) is 7.37. The molecule has 0 saturated heterocycles. The van der Waals surface area contributed by atoms with Crippen molar-refractivity contribution in [2.75, 3.05) is 0 Å². The predicted octanol–water partition coefficient (Wildman–Crippen LogP) is 3.62. The van der Waals surface area contributed by atoms with E-state index in [1.165, 1.54) is 19.3 Å². The molecule has 0 N–H and O–H groups in total. The zero-order valence-corrected chi connectivity index (χ0v) is 11.3. The van der Waals surface area contributed by atoms with Crippen LogP contribution in [-0.2, 0) is 5.54 Å². The quantitative estimate of drug-likeness (QED) is 0.737. The normalized spacial score (nSPS) is 13.1. The summed E-state index contributed by atoms with van der Waals surface area (Å²) in [6, 6.07) is 0. The van der Waals surface area contributed by atoms with Crippen LogP contribution in [0.3, 0.4) is 0 Å². The van der Waals surface area contributed by atoms with Crippen molar-refractivity contribution in [1.29, 1.82) is 0 Å². The van der Waals surface area contributed by atoms with E-state index < -0.39 is 0 Å². The Hall–Kier alpha value is -0.860. The summed E-state index contributed by atoms with van der Waals surface area (Å²) in [5.41, 5.74) is 0.416. The second kappa shape index (κ2) is 4.98. The van der Waals surface area contributed by atoms with Crippen molar-refractivity contribution >= 4 is 0 Å². The molecule has 0 fully saturated rings. The van der Waals surface area contributed by atoms with E-state index in [1.807, 2.05) is 10.9 Å². The molecule has 0 unspecified atom stereocenters. The van der Waals surface area contributed by atoms with Crippen LogP contribution in [0.25, 0.3) is 0 Å². The molecule has 1 aromatic rings. The molecule has 0 spiro atoms. The molecule has 1 aromatic heterocycles. The topological polar surface area (TPSA) is 30.7 Å². The Labute approximate surface area is 99.2 Å². The van der Waals surface area contributed by atoms with Crippen molar-refractivity contribution in [3.63, 3.8) is 0 Å². The first kappa shape index (κ1) is 13.2. The first-order valence-corrected chi connectivity index (χ1v) is 6.24. The van der Waals surface area contributed by atoms with E-state index in [-0.39, 0.29) is 5.54 Å². The van der Waals surface area contributed by atoms with Gasteiger partial charge in [0.15, 0.2) is 0 Å². The van der Waals surface area contributed by atoms with E-state index in [9.17, 15) is 0 Å². The van der Waals surface area contributed by atoms with Crippen LogP contribution in [0.1, 0.15) is 60.3 Å². The minimum atomic E-state index is 0.0493. The molecule has 0 aliphatic carbocycles. The van der Waals surface area contributed by atoms with Gasteiger partial charge in [-0.3, -0.25) is 0 Å². The summed E-state index contributed by atoms with van der Waals surface area (Å²) in [5.74, 6) is 0. The summed E-state index contributed by atoms with van der Waals surface area (Å²) in [6.07, 6.45) is 8.69. The molecule has 0 amide bonds. The van der Waals surface area contributed by atoms with Gasteiger partial charge in [0.2, 0.25) is 0 Å². The van der Waals surface area contributed by atoms with Gasteiger partial charge in [-0.1, -0.05) is 38.8 Å². The van der Waals surface area contributed by atoms with E-state index in [0.717, 1.165) is 6.42 Å². The Morgan fingerprint density at radius 1 is 1.19 bits per heavy atom. The first-order valence-electron chi connectivity index (χ1n) is 6.24. The van der Waals surface area contributed by atoms with Gasteiger partial charge in [0.05, 0.1) is 11.7 Å². The lowest BCUT2D eigenvalue weighted by atomic mass is 9.77. The Morgan fingerprint density at radius 3 is 2.38 bits per heavy atom. The SMILES string of the molecule is CCCCC(C)(C)CC(C)(C)n1ccnn1. The van der Waals surface area contributed by atoms with Gasteiger partial charge in [-0.15, -0.1) is 5.10 Å². The van der Waals surface area contributed by atoms with Crippen LogP contribution in [-0.4, -0.2) is 15.0 Å². The van der Waals surface area contributed by atoms with Gasteiger partial charge < -0.3 is 0 Å². The Morgan fingerprint density at radius 2 is 1.88 bits per heavy atom. The van der Waals surface area contributed by atoms with Crippen molar-refractivity contribution in [3.8, 4) is 0 Å². The molecule has 16 heavy (non-hydrogen) atoms. The molecule has 1 heterocycles. The van der Waals surface area contributed by atoms with Crippen LogP contribution >= 0.6 is 0 Å². The van der Waals surface area contributed by atoms with Gasteiger partial charge in [-0.25, -0.2) is 4.68 Å². The van der Waals surface area contributed by atoms with Crippen molar-refractivity contribution < 1.29 is 0 Å². The third-order valence-electron chi connectivity index (χ3n) is 3.16. The maximum absolute atomic E-state index is 4.12. The summed E-state index contributed by atoms with van der Waals surface area (Å²) in [7, 11) is 0. The number of rotatable bonds is 6. The van der Waals surface area contributed by atoms with E-state index in [2.05, 4.69) is 44.9 Å². The Bertz CT molecular complexity index is 299. The predicted molar refractivity (Wildman–Crippen MR) is 67.3 cm³/mol. The van der Waals surface area contributed by atoms with Gasteiger partial charge in [0, 0.05) is 6.20 Å². The molecular weight excluding hydrogens is 198 g/mol. The zero-order valence-electron chi connectivity index (χ0n) is 11.3. The fourth-order valence-corrected chi connectivity index (χ4v) is 2.53. The highest BCUT2D eigenvalue weighted by Crippen LogP contribution is 2.35. The molecule has 3 heteroatoms. The molecule has 0 radical (unpaired) electrons. The number of nitrogens with zero attached hydrogens (tertiary/aromatic N) is 3. The molecule has 1 rings (SSSR count). The summed E-state index contributed by atoms with van der Waals surface area (Å²) in [5, 5.41) is 8.01. The van der Waals surface area contributed by atoms with Gasteiger partial charge in [-0.2, -0.15) is 0 Å². The number of aromatic nitrogens is 3. The lowest BCUT2D eigenvalue weighted by Gasteiger charge is -2.35. The second-order valence-electron chi connectivity index (χ2n) is 6.10. The zero-order chi connectivity index (χ0) is 12.2. The summed E-state index contributed by atoms with van der Waals surface area (Å²) in [4.78, 5) is 0. The van der Waals surface area contributed by atoms with Crippen LogP contribution in [0.2, 0.25) is 0 Å². The van der Waals surface area contributed by atoms with Crippen LogP contribution in [0.4, 0.5) is 0 Å². The standard InChI is InChI=1S/C13H25N3/c1-6-7-8-12(2,3)11-13(4,5)16-10-9-14-15-16/h9-10H,6-8,11H2,1-5H3. The largest absolute Gasteiger partial charge is 0.247 e. The van der Waals surface area contributed by atoms with Gasteiger partial charge >= 0.3 is 0 Å². The molecule has 92 valence electrons. The van der Waals surface area contributed by atoms with E-state index >= 15 is 0 Å². The highest BCUT2D eigenvalue weighted by molar-refractivity contribution is 4.85. The van der Waals surface area contributed by atoms with Crippen molar-refractivity contribution in [3.05, 3.63) is 12.4 Å². The van der Waals surface area contributed by atoms with Gasteiger partial charge in [0.1, 0.15) is 0 Å². The maximum atomic E-state index is 4.12. The fourth-order valence-electron chi connectivity index (χ4n) is 2.53. The summed E-state index contributed by atoms with van der Waals surface area (Å²) < 4.78 is 1.97. The highest BCUT2D eigenvalue weighted by atomic mass is 15.4. The van der Waals surface area contributed by atoms with Crippen LogP contribution in [0, 0.1) is 5.41 Å². The summed E-state index contributed by atoms with van der Waals surface area (Å²) in [6.45, 7) is 11.4. The maximum Gasteiger partial charge on any atom is 0.0693 e. The molecule has 0 aromatic carbocycles. The van der Waals surface area contributed by atoms with E-state index in [0.29, 0.717) is 5.41 Å². The van der Waals surface area contributed by atoms with Crippen LogP contribution in [0.5, 0.6) is 0 Å². The number of hydrogen-bond acceptors (Lipinski definition) is 2. The number of hydrogen-bond donors (Lipinski definition) is 0. The number of unbranched alkanes of at least 4 members (excludes halogenated alkanes) is 1. The lowest BCUT2D eigenvalue weighted by molar-refractivity contribution is 0.167. The minimum Gasteiger partial charge on any atom is -0.247 e.